The molecule has 2 heteroatoms. The molecule has 0 aromatic heterocycles. The molecule has 2 nitrogen and oxygen atoms in total. The van der Waals surface area contributed by atoms with Crippen LogP contribution in [0, 0.1) is 0 Å². The van der Waals surface area contributed by atoms with E-state index in [-0.39, 0.29) is 0 Å². The third kappa shape index (κ3) is 3.16. The van der Waals surface area contributed by atoms with E-state index in [1.165, 1.54) is 12.8 Å². The molecule has 0 saturated carbocycles. The lowest BCUT2D eigenvalue weighted by Crippen LogP contribution is -1.85. The van der Waals surface area contributed by atoms with E-state index >= 15 is 0 Å². The first-order valence-electron chi connectivity index (χ1n) is 4.86. The molecule has 0 aromatic carbocycles. The Kier molecular flexibility index (Phi) is 3.98. The summed E-state index contributed by atoms with van der Waals surface area (Å²) in [7, 11) is 0. The van der Waals surface area contributed by atoms with Gasteiger partial charge in [0, 0.05) is 0 Å². The standard InChI is InChI=1S/C10H18O2/c1-3-5-6-9-10(12-9)8-11-7-4-2/h8-9H,3-7H2,1-2H3. The molecule has 0 aromatic rings. The van der Waals surface area contributed by atoms with Gasteiger partial charge in [-0.05, 0) is 19.3 Å². The van der Waals surface area contributed by atoms with E-state index in [0.29, 0.717) is 6.10 Å². The largest absolute Gasteiger partial charge is 0.498 e. The second-order valence-corrected chi connectivity index (χ2v) is 3.14. The van der Waals surface area contributed by atoms with E-state index < -0.39 is 0 Å². The van der Waals surface area contributed by atoms with Gasteiger partial charge in [-0.1, -0.05) is 20.3 Å². The van der Waals surface area contributed by atoms with Crippen LogP contribution in [-0.4, -0.2) is 12.7 Å². The monoisotopic (exact) mass is 170 g/mol. The second kappa shape index (κ2) is 5.07. The Labute approximate surface area is 74.6 Å². The number of rotatable bonds is 6. The van der Waals surface area contributed by atoms with Crippen molar-refractivity contribution in [2.24, 2.45) is 0 Å². The van der Waals surface area contributed by atoms with Gasteiger partial charge in [-0.2, -0.15) is 0 Å². The molecule has 1 saturated heterocycles. The Hall–Kier alpha value is -0.660. The van der Waals surface area contributed by atoms with Crippen LogP contribution in [0.2, 0.25) is 0 Å². The average Bonchev–Trinajstić information content (AvgIpc) is 2.81. The smallest absolute Gasteiger partial charge is 0.172 e. The van der Waals surface area contributed by atoms with Crippen molar-refractivity contribution in [1.29, 1.82) is 0 Å². The first kappa shape index (κ1) is 9.43. The summed E-state index contributed by atoms with van der Waals surface area (Å²) in [5.41, 5.74) is 0. The van der Waals surface area contributed by atoms with Crippen LogP contribution < -0.4 is 0 Å². The number of unbranched alkanes of at least 4 members (excludes halogenated alkanes) is 1. The number of hydrogen-bond donors (Lipinski definition) is 0. The van der Waals surface area contributed by atoms with E-state index in [1.807, 2.05) is 0 Å². The van der Waals surface area contributed by atoms with Gasteiger partial charge >= 0.3 is 0 Å². The number of ether oxygens (including phenoxy) is 2. The zero-order chi connectivity index (χ0) is 8.81. The highest BCUT2D eigenvalue weighted by Crippen LogP contribution is 2.31. The van der Waals surface area contributed by atoms with Crippen molar-refractivity contribution < 1.29 is 9.47 Å². The Bertz CT molecular complexity index is 152. The Morgan fingerprint density at radius 2 is 2.25 bits per heavy atom. The molecule has 1 heterocycles. The lowest BCUT2D eigenvalue weighted by Gasteiger charge is -1.91. The minimum Gasteiger partial charge on any atom is -0.498 e. The second-order valence-electron chi connectivity index (χ2n) is 3.14. The van der Waals surface area contributed by atoms with Gasteiger partial charge in [-0.25, -0.2) is 0 Å². The molecule has 12 heavy (non-hydrogen) atoms. The van der Waals surface area contributed by atoms with Crippen molar-refractivity contribution in [1.82, 2.24) is 0 Å². The molecule has 0 N–H and O–H groups in total. The van der Waals surface area contributed by atoms with Crippen LogP contribution in [0.15, 0.2) is 12.0 Å². The van der Waals surface area contributed by atoms with Crippen molar-refractivity contribution in [2.45, 2.75) is 45.6 Å². The fourth-order valence-electron chi connectivity index (χ4n) is 1.08. The van der Waals surface area contributed by atoms with Gasteiger partial charge in [0.1, 0.15) is 6.26 Å². The first-order chi connectivity index (χ1) is 5.88. The van der Waals surface area contributed by atoms with Gasteiger partial charge < -0.3 is 9.47 Å². The van der Waals surface area contributed by atoms with Crippen molar-refractivity contribution in [3.8, 4) is 0 Å². The van der Waals surface area contributed by atoms with Gasteiger partial charge in [-0.15, -0.1) is 0 Å². The summed E-state index contributed by atoms with van der Waals surface area (Å²) in [6, 6.07) is 0. The summed E-state index contributed by atoms with van der Waals surface area (Å²) in [5.74, 6) is 1.04. The van der Waals surface area contributed by atoms with Crippen LogP contribution in [0.5, 0.6) is 0 Å². The third-order valence-electron chi connectivity index (χ3n) is 1.88. The normalized spacial score (nSPS) is 23.8. The maximum atomic E-state index is 5.30. The van der Waals surface area contributed by atoms with Gasteiger partial charge in [0.15, 0.2) is 11.9 Å². The van der Waals surface area contributed by atoms with E-state index in [4.69, 9.17) is 9.47 Å². The molecular weight excluding hydrogens is 152 g/mol. The molecule has 0 radical (unpaired) electrons. The molecule has 0 aliphatic carbocycles. The van der Waals surface area contributed by atoms with E-state index in [2.05, 4.69) is 13.8 Å². The van der Waals surface area contributed by atoms with Crippen LogP contribution in [-0.2, 0) is 9.47 Å². The van der Waals surface area contributed by atoms with Gasteiger partial charge in [0.25, 0.3) is 0 Å². The van der Waals surface area contributed by atoms with Gasteiger partial charge in [-0.3, -0.25) is 0 Å². The fourth-order valence-corrected chi connectivity index (χ4v) is 1.08. The third-order valence-corrected chi connectivity index (χ3v) is 1.88. The minimum absolute atomic E-state index is 0.377. The van der Waals surface area contributed by atoms with Crippen molar-refractivity contribution in [3.63, 3.8) is 0 Å². The summed E-state index contributed by atoms with van der Waals surface area (Å²) in [6.07, 6.45) is 6.84. The molecule has 1 aliphatic rings. The lowest BCUT2D eigenvalue weighted by atomic mass is 10.2. The molecule has 0 amide bonds. The van der Waals surface area contributed by atoms with Crippen molar-refractivity contribution in [2.75, 3.05) is 6.61 Å². The van der Waals surface area contributed by atoms with E-state index in [9.17, 15) is 0 Å². The predicted octanol–water partition coefficient (Wildman–Crippen LogP) is 2.84. The topological polar surface area (TPSA) is 21.8 Å². The molecule has 0 bridgehead atoms. The zero-order valence-corrected chi connectivity index (χ0v) is 8.01. The van der Waals surface area contributed by atoms with Crippen LogP contribution in [0.1, 0.15) is 39.5 Å². The van der Waals surface area contributed by atoms with E-state index in [1.54, 1.807) is 6.26 Å². The maximum Gasteiger partial charge on any atom is 0.172 e. The summed E-state index contributed by atoms with van der Waals surface area (Å²) >= 11 is 0. The molecule has 1 aliphatic heterocycles. The van der Waals surface area contributed by atoms with Crippen molar-refractivity contribution in [3.05, 3.63) is 12.0 Å². The molecule has 0 spiro atoms. The number of epoxide rings is 1. The lowest BCUT2D eigenvalue weighted by molar-refractivity contribution is 0.244. The van der Waals surface area contributed by atoms with Gasteiger partial charge in [0.2, 0.25) is 0 Å². The predicted molar refractivity (Wildman–Crippen MR) is 48.7 cm³/mol. The quantitative estimate of drug-likeness (QED) is 0.347. The maximum absolute atomic E-state index is 5.30. The highest BCUT2D eigenvalue weighted by Gasteiger charge is 2.32. The van der Waals surface area contributed by atoms with E-state index in [0.717, 1.165) is 25.2 Å². The van der Waals surface area contributed by atoms with Crippen LogP contribution in [0.25, 0.3) is 0 Å². The Balaban J connectivity index is 2.02. The molecule has 70 valence electrons. The summed E-state index contributed by atoms with van der Waals surface area (Å²) in [4.78, 5) is 0. The number of hydrogen-bond acceptors (Lipinski definition) is 2. The molecule has 1 fully saturated rings. The fraction of sp³-hybridized carbons (Fsp3) is 0.800. The van der Waals surface area contributed by atoms with Gasteiger partial charge in [0.05, 0.1) is 6.61 Å². The summed E-state index contributed by atoms with van der Waals surface area (Å²) < 4.78 is 10.5. The highest BCUT2D eigenvalue weighted by molar-refractivity contribution is 5.10. The molecular formula is C10H18O2. The average molecular weight is 170 g/mol. The summed E-state index contributed by atoms with van der Waals surface area (Å²) in [5, 5.41) is 0. The molecule has 1 unspecified atom stereocenters. The van der Waals surface area contributed by atoms with Crippen LogP contribution in [0.4, 0.5) is 0 Å². The Morgan fingerprint density at radius 3 is 2.92 bits per heavy atom. The van der Waals surface area contributed by atoms with Crippen LogP contribution >= 0.6 is 0 Å². The molecule has 1 rings (SSSR count). The Morgan fingerprint density at radius 1 is 1.42 bits per heavy atom. The first-order valence-corrected chi connectivity index (χ1v) is 4.86. The summed E-state index contributed by atoms with van der Waals surface area (Å²) in [6.45, 7) is 5.09. The SMILES string of the molecule is CCCCC1OC1=COCCC. The van der Waals surface area contributed by atoms with Crippen LogP contribution in [0.3, 0.4) is 0 Å². The van der Waals surface area contributed by atoms with Crippen molar-refractivity contribution >= 4 is 0 Å². The minimum atomic E-state index is 0.377. The highest BCUT2D eigenvalue weighted by atomic mass is 16.6. The zero-order valence-electron chi connectivity index (χ0n) is 8.01. The molecule has 1 atom stereocenters.